The Morgan fingerprint density at radius 1 is 1.15 bits per heavy atom. The minimum atomic E-state index is -0.649. The number of nitrogens with one attached hydrogen (secondary N) is 2. The molecule has 1 aliphatic rings. The van der Waals surface area contributed by atoms with E-state index in [9.17, 15) is 23.7 Å². The highest BCUT2D eigenvalue weighted by molar-refractivity contribution is 5.91. The zero-order valence-corrected chi connectivity index (χ0v) is 14.5. The highest BCUT2D eigenvalue weighted by atomic mass is 19.1. The summed E-state index contributed by atoms with van der Waals surface area (Å²) in [7, 11) is 0. The Morgan fingerprint density at radius 3 is 2.52 bits per heavy atom. The van der Waals surface area contributed by atoms with E-state index in [1.165, 1.54) is 30.3 Å². The van der Waals surface area contributed by atoms with Crippen molar-refractivity contribution in [3.63, 3.8) is 0 Å². The lowest BCUT2D eigenvalue weighted by molar-refractivity contribution is -0.892. The summed E-state index contributed by atoms with van der Waals surface area (Å²) in [5.41, 5.74) is 0.520. The third kappa shape index (κ3) is 4.76. The van der Waals surface area contributed by atoms with Crippen LogP contribution in [-0.4, -0.2) is 43.6 Å². The standard InChI is InChI=1S/C18H18F2N4O3/c19-13-2-1-3-15(10-13)21-18(25)12-22-6-8-23(9-7-22)16-5-4-14(20)11-17(16)24(26)27/h1-5,10-11H,6-9,12H2,(H,21,25)/p+1. The van der Waals surface area contributed by atoms with Crippen molar-refractivity contribution in [1.29, 1.82) is 0 Å². The molecule has 0 spiro atoms. The first-order chi connectivity index (χ1) is 12.9. The molecule has 1 saturated heterocycles. The van der Waals surface area contributed by atoms with Gasteiger partial charge in [-0.1, -0.05) is 6.07 Å². The van der Waals surface area contributed by atoms with Crippen LogP contribution in [0.3, 0.4) is 0 Å². The largest absolute Gasteiger partial charge is 0.355 e. The van der Waals surface area contributed by atoms with E-state index in [1.807, 2.05) is 4.90 Å². The Balaban J connectivity index is 1.56. The van der Waals surface area contributed by atoms with Gasteiger partial charge in [0.25, 0.3) is 11.6 Å². The van der Waals surface area contributed by atoms with Crippen molar-refractivity contribution in [2.24, 2.45) is 0 Å². The van der Waals surface area contributed by atoms with Crippen LogP contribution in [0.5, 0.6) is 0 Å². The summed E-state index contributed by atoms with van der Waals surface area (Å²) in [6.45, 7) is 2.44. The summed E-state index contributed by atoms with van der Waals surface area (Å²) in [5, 5.41) is 13.8. The molecular formula is C18H19F2N4O3+. The molecule has 9 heteroatoms. The molecule has 3 rings (SSSR count). The van der Waals surface area contributed by atoms with Gasteiger partial charge in [-0.15, -0.1) is 0 Å². The van der Waals surface area contributed by atoms with Gasteiger partial charge in [-0.25, -0.2) is 8.78 Å². The van der Waals surface area contributed by atoms with Crippen molar-refractivity contribution in [1.82, 2.24) is 0 Å². The summed E-state index contributed by atoms with van der Waals surface area (Å²) in [4.78, 5) is 25.5. The lowest BCUT2D eigenvalue weighted by Crippen LogP contribution is -3.15. The van der Waals surface area contributed by atoms with E-state index in [1.54, 1.807) is 6.07 Å². The van der Waals surface area contributed by atoms with Gasteiger partial charge < -0.3 is 15.1 Å². The molecule has 0 unspecified atom stereocenters. The first-order valence-electron chi connectivity index (χ1n) is 8.50. The molecule has 0 aromatic heterocycles. The Morgan fingerprint density at radius 2 is 1.85 bits per heavy atom. The molecular weight excluding hydrogens is 358 g/mol. The molecule has 2 N–H and O–H groups in total. The third-order valence-electron chi connectivity index (χ3n) is 4.46. The Labute approximate surface area is 154 Å². The molecule has 0 atom stereocenters. The van der Waals surface area contributed by atoms with Gasteiger partial charge in [-0.05, 0) is 30.3 Å². The second kappa shape index (κ2) is 8.09. The number of halogens is 2. The van der Waals surface area contributed by atoms with Gasteiger partial charge in [0.15, 0.2) is 6.54 Å². The van der Waals surface area contributed by atoms with Crippen LogP contribution >= 0.6 is 0 Å². The van der Waals surface area contributed by atoms with Crippen molar-refractivity contribution in [2.75, 3.05) is 42.9 Å². The fraction of sp³-hybridized carbons (Fsp3) is 0.278. The molecule has 27 heavy (non-hydrogen) atoms. The Kier molecular flexibility index (Phi) is 5.60. The molecule has 2 aromatic rings. The number of carbonyl (C=O) groups excluding carboxylic acids is 1. The highest BCUT2D eigenvalue weighted by Crippen LogP contribution is 2.28. The maximum Gasteiger partial charge on any atom is 0.295 e. The van der Waals surface area contributed by atoms with Gasteiger partial charge >= 0.3 is 0 Å². The van der Waals surface area contributed by atoms with Crippen LogP contribution in [0.1, 0.15) is 0 Å². The number of quaternary nitrogens is 1. The highest BCUT2D eigenvalue weighted by Gasteiger charge is 2.27. The number of rotatable bonds is 5. The first kappa shape index (κ1) is 18.7. The average Bonchev–Trinajstić information content (AvgIpc) is 2.62. The van der Waals surface area contributed by atoms with Crippen LogP contribution in [0, 0.1) is 21.7 Å². The SMILES string of the molecule is O=C(C[NH+]1CCN(c2ccc(F)cc2[N+](=O)[O-])CC1)Nc1cccc(F)c1. The summed E-state index contributed by atoms with van der Waals surface area (Å²) in [6, 6.07) is 9.21. The van der Waals surface area contributed by atoms with E-state index >= 15 is 0 Å². The van der Waals surface area contributed by atoms with Gasteiger partial charge in [0.05, 0.1) is 37.2 Å². The smallest absolute Gasteiger partial charge is 0.295 e. The zero-order chi connectivity index (χ0) is 19.4. The van der Waals surface area contributed by atoms with E-state index < -0.39 is 16.6 Å². The second-order valence-electron chi connectivity index (χ2n) is 6.36. The number of nitro benzene ring substituents is 1. The number of nitrogens with zero attached hydrogens (tertiary/aromatic N) is 2. The van der Waals surface area contributed by atoms with Crippen LogP contribution in [0.4, 0.5) is 25.8 Å². The fourth-order valence-electron chi connectivity index (χ4n) is 3.15. The third-order valence-corrected chi connectivity index (χ3v) is 4.46. The maximum absolute atomic E-state index is 13.3. The fourth-order valence-corrected chi connectivity index (χ4v) is 3.15. The number of nitro groups is 1. The van der Waals surface area contributed by atoms with E-state index in [2.05, 4.69) is 5.32 Å². The van der Waals surface area contributed by atoms with Crippen LogP contribution < -0.4 is 15.1 Å². The lowest BCUT2D eigenvalue weighted by atomic mass is 10.2. The molecule has 0 saturated carbocycles. The van der Waals surface area contributed by atoms with Crippen molar-refractivity contribution in [3.8, 4) is 0 Å². The van der Waals surface area contributed by atoms with Gasteiger partial charge in [0.1, 0.15) is 17.3 Å². The Hall–Kier alpha value is -3.07. The molecule has 142 valence electrons. The summed E-state index contributed by atoms with van der Waals surface area (Å²) in [5.74, 6) is -1.30. The van der Waals surface area contributed by atoms with Gasteiger partial charge in [0, 0.05) is 5.69 Å². The molecule has 1 fully saturated rings. The van der Waals surface area contributed by atoms with Gasteiger partial charge in [0.2, 0.25) is 0 Å². The minimum absolute atomic E-state index is 0.218. The first-order valence-corrected chi connectivity index (χ1v) is 8.50. The molecule has 1 aliphatic heterocycles. The lowest BCUT2D eigenvalue weighted by Gasteiger charge is -2.33. The van der Waals surface area contributed by atoms with Crippen LogP contribution in [-0.2, 0) is 4.79 Å². The minimum Gasteiger partial charge on any atom is -0.355 e. The normalized spacial score (nSPS) is 14.8. The number of piperazine rings is 1. The summed E-state index contributed by atoms with van der Waals surface area (Å²) in [6.07, 6.45) is 0. The molecule has 1 heterocycles. The molecule has 0 aliphatic carbocycles. The molecule has 0 radical (unpaired) electrons. The summed E-state index contributed by atoms with van der Waals surface area (Å²) < 4.78 is 26.5. The summed E-state index contributed by atoms with van der Waals surface area (Å²) >= 11 is 0. The maximum atomic E-state index is 13.3. The van der Waals surface area contributed by atoms with Crippen LogP contribution in [0.2, 0.25) is 0 Å². The molecule has 2 aromatic carbocycles. The molecule has 7 nitrogen and oxygen atoms in total. The van der Waals surface area contributed by atoms with Crippen LogP contribution in [0.15, 0.2) is 42.5 Å². The number of carbonyl (C=O) groups is 1. The van der Waals surface area contributed by atoms with Gasteiger partial charge in [-0.2, -0.15) is 0 Å². The van der Waals surface area contributed by atoms with Gasteiger partial charge in [-0.3, -0.25) is 14.9 Å². The van der Waals surface area contributed by atoms with E-state index in [-0.39, 0.29) is 18.1 Å². The predicted molar refractivity (Wildman–Crippen MR) is 95.9 cm³/mol. The van der Waals surface area contributed by atoms with E-state index in [0.29, 0.717) is 37.6 Å². The van der Waals surface area contributed by atoms with Crippen molar-refractivity contribution < 1.29 is 23.4 Å². The quantitative estimate of drug-likeness (QED) is 0.607. The number of amides is 1. The van der Waals surface area contributed by atoms with E-state index in [4.69, 9.17) is 0 Å². The predicted octanol–water partition coefficient (Wildman–Crippen LogP) is 1.22. The van der Waals surface area contributed by atoms with Crippen molar-refractivity contribution >= 4 is 23.0 Å². The van der Waals surface area contributed by atoms with E-state index in [0.717, 1.165) is 11.0 Å². The number of hydrogen-bond acceptors (Lipinski definition) is 4. The van der Waals surface area contributed by atoms with Crippen molar-refractivity contribution in [3.05, 3.63) is 64.2 Å². The monoisotopic (exact) mass is 377 g/mol. The molecule has 0 bridgehead atoms. The second-order valence-corrected chi connectivity index (χ2v) is 6.36. The number of benzene rings is 2. The topological polar surface area (TPSA) is 79.9 Å². The molecule has 1 amide bonds. The Bertz CT molecular complexity index is 854. The number of anilines is 2. The number of hydrogen-bond donors (Lipinski definition) is 2. The van der Waals surface area contributed by atoms with Crippen LogP contribution in [0.25, 0.3) is 0 Å². The van der Waals surface area contributed by atoms with Crippen molar-refractivity contribution in [2.45, 2.75) is 0 Å². The average molecular weight is 377 g/mol. The zero-order valence-electron chi connectivity index (χ0n) is 14.5.